The number of phosphoric acid groups is 1. The molecule has 0 spiro atoms. The van der Waals surface area contributed by atoms with E-state index in [4.69, 9.17) is 18.5 Å². The number of hydrogen-bond acceptors (Lipinski definition) is 7. The fraction of sp³-hybridized carbons (Fsp3) is 0.667. The molecule has 0 radical (unpaired) electrons. The van der Waals surface area contributed by atoms with E-state index >= 15 is 0 Å². The third-order valence-corrected chi connectivity index (χ3v) is 11.1. The lowest BCUT2D eigenvalue weighted by Gasteiger charge is -2.24. The number of unbranched alkanes of at least 4 members (excludes halogenated alkanes) is 14. The number of carbonyl (C=O) groups excluding carboxylic acids is 2. The molecule has 0 aromatic carbocycles. The Kier molecular flexibility index (Phi) is 42.9. The topological polar surface area (TPSA) is 108 Å². The van der Waals surface area contributed by atoms with Crippen molar-refractivity contribution in [2.24, 2.45) is 0 Å². The fourth-order valence-electron chi connectivity index (χ4n) is 6.29. The van der Waals surface area contributed by atoms with Crippen LogP contribution in [0.3, 0.4) is 0 Å². The van der Waals surface area contributed by atoms with Crippen molar-refractivity contribution in [3.8, 4) is 0 Å². The van der Waals surface area contributed by atoms with Crippen LogP contribution >= 0.6 is 7.82 Å². The molecule has 0 amide bonds. The highest BCUT2D eigenvalue weighted by Gasteiger charge is 2.27. The van der Waals surface area contributed by atoms with Gasteiger partial charge < -0.3 is 18.9 Å². The van der Waals surface area contributed by atoms with Gasteiger partial charge in [0, 0.05) is 12.8 Å². The van der Waals surface area contributed by atoms with Gasteiger partial charge in [-0.3, -0.25) is 18.6 Å². The average Bonchev–Trinajstić information content (AvgIpc) is 3.25. The van der Waals surface area contributed by atoms with Crippen molar-refractivity contribution in [3.63, 3.8) is 0 Å². The summed E-state index contributed by atoms with van der Waals surface area (Å²) in [5.74, 6) is -0.856. The lowest BCUT2D eigenvalue weighted by Crippen LogP contribution is -2.37. The molecule has 64 heavy (non-hydrogen) atoms. The number of allylic oxidation sites excluding steroid dienone is 16. The monoisotopic (exact) mass is 915 g/mol. The Hall–Kier alpha value is -3.07. The van der Waals surface area contributed by atoms with Crippen molar-refractivity contribution in [2.45, 2.75) is 187 Å². The Balaban J connectivity index is 4.28. The van der Waals surface area contributed by atoms with Gasteiger partial charge in [-0.15, -0.1) is 0 Å². The number of nitrogens with zero attached hydrogens (tertiary/aromatic N) is 1. The fourth-order valence-corrected chi connectivity index (χ4v) is 7.03. The minimum absolute atomic E-state index is 0.0197. The first-order valence-electron chi connectivity index (χ1n) is 25.0. The van der Waals surface area contributed by atoms with Gasteiger partial charge in [-0.05, 0) is 89.9 Å². The maximum Gasteiger partial charge on any atom is 0.472 e. The number of ether oxygens (including phenoxy) is 2. The van der Waals surface area contributed by atoms with Crippen LogP contribution in [0.15, 0.2) is 97.2 Å². The van der Waals surface area contributed by atoms with E-state index in [1.807, 2.05) is 21.1 Å². The number of phosphoric ester groups is 1. The zero-order chi connectivity index (χ0) is 47.1. The van der Waals surface area contributed by atoms with Gasteiger partial charge in [0.2, 0.25) is 0 Å². The molecule has 9 nitrogen and oxygen atoms in total. The Morgan fingerprint density at radius 1 is 0.484 bits per heavy atom. The Morgan fingerprint density at radius 2 is 0.844 bits per heavy atom. The first kappa shape index (κ1) is 60.9. The number of quaternary nitrogens is 1. The molecule has 366 valence electrons. The molecular formula is C54H93NO8P+. The predicted octanol–water partition coefficient (Wildman–Crippen LogP) is 14.9. The van der Waals surface area contributed by atoms with Crippen LogP contribution in [0.2, 0.25) is 0 Å². The molecule has 0 heterocycles. The minimum Gasteiger partial charge on any atom is -0.462 e. The van der Waals surface area contributed by atoms with Crippen molar-refractivity contribution in [2.75, 3.05) is 47.5 Å². The third-order valence-electron chi connectivity index (χ3n) is 10.1. The van der Waals surface area contributed by atoms with Crippen molar-refractivity contribution >= 4 is 19.8 Å². The highest BCUT2D eigenvalue weighted by molar-refractivity contribution is 7.47. The van der Waals surface area contributed by atoms with Crippen LogP contribution in [0.1, 0.15) is 181 Å². The smallest absolute Gasteiger partial charge is 0.462 e. The van der Waals surface area contributed by atoms with Gasteiger partial charge in [-0.1, -0.05) is 175 Å². The van der Waals surface area contributed by atoms with Crippen molar-refractivity contribution in [3.05, 3.63) is 97.2 Å². The second-order valence-corrected chi connectivity index (χ2v) is 18.9. The quantitative estimate of drug-likeness (QED) is 0.0212. The summed E-state index contributed by atoms with van der Waals surface area (Å²) in [4.78, 5) is 35.5. The highest BCUT2D eigenvalue weighted by atomic mass is 31.2. The molecule has 0 saturated carbocycles. The van der Waals surface area contributed by atoms with E-state index in [0.717, 1.165) is 83.5 Å². The summed E-state index contributed by atoms with van der Waals surface area (Å²) in [6, 6.07) is 0. The number of rotatable bonds is 44. The van der Waals surface area contributed by atoms with E-state index in [9.17, 15) is 19.0 Å². The molecule has 0 aliphatic carbocycles. The van der Waals surface area contributed by atoms with E-state index in [-0.39, 0.29) is 26.1 Å². The molecule has 0 rings (SSSR count). The molecule has 0 aromatic rings. The van der Waals surface area contributed by atoms with Crippen molar-refractivity contribution in [1.82, 2.24) is 0 Å². The Morgan fingerprint density at radius 3 is 1.28 bits per heavy atom. The lowest BCUT2D eigenvalue weighted by molar-refractivity contribution is -0.870. The standard InChI is InChI=1S/C54H92NO8P/c1-6-8-10-12-14-16-18-20-22-23-24-25-26-27-28-29-30-31-33-35-37-39-41-43-45-47-54(57)63-52(51-62-64(58,59)61-49-48-55(3,4)5)50-60-53(56)46-44-42-40-38-36-34-32-21-19-17-15-13-11-9-7-2/h8-11,14-17,20-22,24-25,32,36,38,52H,6-7,12-13,18-19,23,26-31,33-35,37,39-51H2,1-5H3/p+1/b10-8-,11-9-,16-14-,17-15-,22-20-,25-24-,32-21-,38-36-. The van der Waals surface area contributed by atoms with E-state index in [1.165, 1.54) is 57.8 Å². The summed E-state index contributed by atoms with van der Waals surface area (Å²) in [7, 11) is 1.44. The summed E-state index contributed by atoms with van der Waals surface area (Å²) in [6.45, 7) is 4.13. The van der Waals surface area contributed by atoms with Gasteiger partial charge in [0.25, 0.3) is 0 Å². The summed E-state index contributed by atoms with van der Waals surface area (Å²) in [5, 5.41) is 0. The van der Waals surface area contributed by atoms with Crippen LogP contribution in [-0.4, -0.2) is 74.9 Å². The van der Waals surface area contributed by atoms with Gasteiger partial charge >= 0.3 is 19.8 Å². The normalized spacial score (nSPS) is 14.3. The molecule has 10 heteroatoms. The van der Waals surface area contributed by atoms with Gasteiger partial charge in [-0.25, -0.2) is 4.57 Å². The van der Waals surface area contributed by atoms with E-state index in [1.54, 1.807) is 0 Å². The highest BCUT2D eigenvalue weighted by Crippen LogP contribution is 2.43. The first-order chi connectivity index (χ1) is 31.0. The summed E-state index contributed by atoms with van der Waals surface area (Å²) < 4.78 is 34.4. The molecule has 2 unspecified atom stereocenters. The molecule has 0 aliphatic rings. The van der Waals surface area contributed by atoms with Gasteiger partial charge in [0.15, 0.2) is 6.10 Å². The van der Waals surface area contributed by atoms with Gasteiger partial charge in [0.05, 0.1) is 27.7 Å². The molecule has 1 N–H and O–H groups in total. The number of likely N-dealkylation sites (N-methyl/N-ethyl adjacent to an activating group) is 1. The predicted molar refractivity (Wildman–Crippen MR) is 270 cm³/mol. The molecule has 0 fully saturated rings. The number of carbonyl (C=O) groups is 2. The molecular weight excluding hydrogens is 822 g/mol. The molecule has 0 bridgehead atoms. The van der Waals surface area contributed by atoms with Crippen LogP contribution in [0.25, 0.3) is 0 Å². The summed E-state index contributed by atoms with van der Waals surface area (Å²) in [5.41, 5.74) is 0. The SMILES string of the molecule is CC/C=C\C/C=C\C/C=C\C/C=C\CCCCCCCCCCCCCCC(=O)OC(COC(=O)CCCC/C=C\C/C=C\C/C=C\C/C=C\CC)COP(=O)(O)OCC[N+](C)(C)C. The maximum absolute atomic E-state index is 12.8. The molecule has 2 atom stereocenters. The van der Waals surface area contributed by atoms with Crippen LogP contribution in [-0.2, 0) is 32.7 Å². The maximum atomic E-state index is 12.8. The zero-order valence-corrected chi connectivity index (χ0v) is 42.1. The van der Waals surface area contributed by atoms with E-state index in [0.29, 0.717) is 23.9 Å². The van der Waals surface area contributed by atoms with Gasteiger partial charge in [-0.2, -0.15) is 0 Å². The van der Waals surface area contributed by atoms with Gasteiger partial charge in [0.1, 0.15) is 19.8 Å². The average molecular weight is 915 g/mol. The minimum atomic E-state index is -4.40. The molecule has 0 aromatic heterocycles. The molecule has 0 aliphatic heterocycles. The largest absolute Gasteiger partial charge is 0.472 e. The zero-order valence-electron chi connectivity index (χ0n) is 41.2. The molecule has 0 saturated heterocycles. The third kappa shape index (κ3) is 48.4. The van der Waals surface area contributed by atoms with E-state index < -0.39 is 32.5 Å². The van der Waals surface area contributed by atoms with Crippen LogP contribution in [0.5, 0.6) is 0 Å². The van der Waals surface area contributed by atoms with Crippen molar-refractivity contribution < 1.29 is 42.1 Å². The number of esters is 2. The lowest BCUT2D eigenvalue weighted by atomic mass is 10.0. The van der Waals surface area contributed by atoms with Crippen LogP contribution in [0, 0.1) is 0 Å². The van der Waals surface area contributed by atoms with Crippen molar-refractivity contribution in [1.29, 1.82) is 0 Å². The summed E-state index contributed by atoms with van der Waals surface area (Å²) in [6.07, 6.45) is 60.4. The first-order valence-corrected chi connectivity index (χ1v) is 26.5. The Labute approximate surface area is 392 Å². The Bertz CT molecular complexity index is 1400. The van der Waals surface area contributed by atoms with Crippen LogP contribution < -0.4 is 0 Å². The van der Waals surface area contributed by atoms with Crippen LogP contribution in [0.4, 0.5) is 0 Å². The summed E-state index contributed by atoms with van der Waals surface area (Å²) >= 11 is 0. The number of hydrogen-bond donors (Lipinski definition) is 1. The van der Waals surface area contributed by atoms with E-state index in [2.05, 4.69) is 111 Å². The second-order valence-electron chi connectivity index (χ2n) is 17.4. The second kappa shape index (κ2) is 45.1.